The lowest BCUT2D eigenvalue weighted by atomic mass is 9.92. The minimum absolute atomic E-state index is 0.0168. The van der Waals surface area contributed by atoms with E-state index in [-0.39, 0.29) is 11.0 Å². The third-order valence-corrected chi connectivity index (χ3v) is 4.67. The van der Waals surface area contributed by atoms with Gasteiger partial charge in [-0.15, -0.1) is 5.10 Å². The van der Waals surface area contributed by atoms with Crippen LogP contribution >= 0.6 is 0 Å². The van der Waals surface area contributed by atoms with Crippen molar-refractivity contribution >= 4 is 5.82 Å². The molecule has 1 aliphatic rings. The van der Waals surface area contributed by atoms with Crippen molar-refractivity contribution in [2.45, 2.75) is 38.8 Å². The van der Waals surface area contributed by atoms with Crippen LogP contribution in [0.25, 0.3) is 0 Å². The Bertz CT molecular complexity index is 786. The largest absolute Gasteiger partial charge is 0.352 e. The summed E-state index contributed by atoms with van der Waals surface area (Å²) in [6.45, 7) is 8.89. The second kappa shape index (κ2) is 6.55. The number of rotatable bonds is 4. The van der Waals surface area contributed by atoms with Gasteiger partial charge in [0.15, 0.2) is 5.82 Å². The molecule has 2 aromatic rings. The van der Waals surface area contributed by atoms with Gasteiger partial charge >= 0.3 is 0 Å². The fourth-order valence-corrected chi connectivity index (χ4v) is 2.79. The zero-order valence-corrected chi connectivity index (χ0v) is 15.6. The Kier molecular flexibility index (Phi) is 4.60. The van der Waals surface area contributed by atoms with Crippen LogP contribution in [0.3, 0.4) is 0 Å². The lowest BCUT2D eigenvalue weighted by Crippen LogP contribution is -2.58. The van der Waals surface area contributed by atoms with Crippen LogP contribution in [0.1, 0.15) is 32.2 Å². The van der Waals surface area contributed by atoms with Crippen LogP contribution in [0.2, 0.25) is 0 Å². The Morgan fingerprint density at radius 1 is 1.24 bits per heavy atom. The second-order valence-corrected chi connectivity index (χ2v) is 7.83. The standard InChI is InChI=1S/C18H26N6O/c1-18(2,3)15-6-7-16(21-20-15)24-10-14(11-24)22(4)9-13-8-17(25)23(5)12-19-13/h6-8,12,14H,9-11H2,1-5H3. The molecule has 134 valence electrons. The summed E-state index contributed by atoms with van der Waals surface area (Å²) in [5.74, 6) is 0.921. The molecular formula is C18H26N6O. The van der Waals surface area contributed by atoms with Crippen LogP contribution in [0.5, 0.6) is 0 Å². The number of likely N-dealkylation sites (N-methyl/N-ethyl adjacent to an activating group) is 1. The molecule has 0 bridgehead atoms. The molecule has 0 aromatic carbocycles. The second-order valence-electron chi connectivity index (χ2n) is 7.83. The summed E-state index contributed by atoms with van der Waals surface area (Å²) in [5, 5.41) is 8.72. The maximum Gasteiger partial charge on any atom is 0.253 e. The Hall–Kier alpha value is -2.28. The molecule has 0 amide bonds. The van der Waals surface area contributed by atoms with Gasteiger partial charge in [0.2, 0.25) is 0 Å². The van der Waals surface area contributed by atoms with E-state index in [0.29, 0.717) is 12.6 Å². The van der Waals surface area contributed by atoms with Gasteiger partial charge in [0.05, 0.1) is 17.7 Å². The zero-order chi connectivity index (χ0) is 18.2. The van der Waals surface area contributed by atoms with Crippen molar-refractivity contribution in [3.8, 4) is 0 Å². The van der Waals surface area contributed by atoms with Crippen molar-refractivity contribution in [1.29, 1.82) is 0 Å². The lowest BCUT2D eigenvalue weighted by molar-refractivity contribution is 0.194. The van der Waals surface area contributed by atoms with Gasteiger partial charge < -0.3 is 9.47 Å². The molecule has 0 aliphatic carbocycles. The molecule has 1 saturated heterocycles. The minimum atomic E-state index is -0.0251. The fourth-order valence-electron chi connectivity index (χ4n) is 2.79. The minimum Gasteiger partial charge on any atom is -0.352 e. The number of nitrogens with zero attached hydrogens (tertiary/aromatic N) is 6. The summed E-state index contributed by atoms with van der Waals surface area (Å²) < 4.78 is 1.48. The van der Waals surface area contributed by atoms with Crippen LogP contribution in [-0.2, 0) is 19.0 Å². The average Bonchev–Trinajstić information content (AvgIpc) is 2.49. The number of hydrogen-bond donors (Lipinski definition) is 0. The van der Waals surface area contributed by atoms with Crippen LogP contribution in [-0.4, -0.2) is 50.8 Å². The van der Waals surface area contributed by atoms with Gasteiger partial charge in [-0.25, -0.2) is 4.98 Å². The number of aryl methyl sites for hydroxylation is 1. The van der Waals surface area contributed by atoms with Gasteiger partial charge in [-0.05, 0) is 19.2 Å². The highest BCUT2D eigenvalue weighted by Gasteiger charge is 2.31. The van der Waals surface area contributed by atoms with Crippen LogP contribution in [0, 0.1) is 0 Å². The molecule has 2 aromatic heterocycles. The van der Waals surface area contributed by atoms with E-state index in [9.17, 15) is 4.79 Å². The zero-order valence-electron chi connectivity index (χ0n) is 15.6. The first-order valence-corrected chi connectivity index (χ1v) is 8.55. The normalized spacial score (nSPS) is 15.5. The summed E-state index contributed by atoms with van der Waals surface area (Å²) in [6, 6.07) is 6.13. The molecule has 3 heterocycles. The van der Waals surface area contributed by atoms with Crippen LogP contribution in [0.15, 0.2) is 29.3 Å². The van der Waals surface area contributed by atoms with Crippen molar-refractivity contribution < 1.29 is 0 Å². The Balaban J connectivity index is 1.56. The highest BCUT2D eigenvalue weighted by Crippen LogP contribution is 2.24. The topological polar surface area (TPSA) is 67.2 Å². The van der Waals surface area contributed by atoms with E-state index < -0.39 is 0 Å². The van der Waals surface area contributed by atoms with E-state index in [1.807, 2.05) is 6.07 Å². The fraction of sp³-hybridized carbons (Fsp3) is 0.556. The molecule has 0 atom stereocenters. The monoisotopic (exact) mass is 342 g/mol. The molecule has 25 heavy (non-hydrogen) atoms. The predicted octanol–water partition coefficient (Wildman–Crippen LogP) is 1.19. The molecule has 7 nitrogen and oxygen atoms in total. The number of anilines is 1. The average molecular weight is 342 g/mol. The highest BCUT2D eigenvalue weighted by atomic mass is 16.1. The van der Waals surface area contributed by atoms with E-state index in [0.717, 1.165) is 30.3 Å². The molecule has 1 aliphatic heterocycles. The van der Waals surface area contributed by atoms with Crippen molar-refractivity contribution in [1.82, 2.24) is 24.6 Å². The van der Waals surface area contributed by atoms with Crippen molar-refractivity contribution in [2.24, 2.45) is 7.05 Å². The van der Waals surface area contributed by atoms with Crippen LogP contribution < -0.4 is 10.5 Å². The summed E-state index contributed by atoms with van der Waals surface area (Å²) in [5.41, 5.74) is 1.80. The van der Waals surface area contributed by atoms with Gasteiger partial charge in [0.1, 0.15) is 0 Å². The summed E-state index contributed by atoms with van der Waals surface area (Å²) in [7, 11) is 3.77. The molecule has 0 N–H and O–H groups in total. The third kappa shape index (κ3) is 3.87. The molecular weight excluding hydrogens is 316 g/mol. The lowest BCUT2D eigenvalue weighted by Gasteiger charge is -2.44. The van der Waals surface area contributed by atoms with Crippen molar-refractivity contribution in [2.75, 3.05) is 25.0 Å². The van der Waals surface area contributed by atoms with Gasteiger partial charge in [-0.2, -0.15) is 5.10 Å². The third-order valence-electron chi connectivity index (χ3n) is 4.67. The SMILES string of the molecule is CN(Cc1cc(=O)n(C)cn1)C1CN(c2ccc(C(C)(C)C)nn2)C1. The molecule has 0 radical (unpaired) electrons. The number of aromatic nitrogens is 4. The number of hydrogen-bond acceptors (Lipinski definition) is 6. The summed E-state index contributed by atoms with van der Waals surface area (Å²) in [6.07, 6.45) is 1.57. The highest BCUT2D eigenvalue weighted by molar-refractivity contribution is 5.42. The summed E-state index contributed by atoms with van der Waals surface area (Å²) in [4.78, 5) is 20.5. The first-order valence-electron chi connectivity index (χ1n) is 8.55. The van der Waals surface area contributed by atoms with E-state index in [4.69, 9.17) is 0 Å². The first kappa shape index (κ1) is 17.5. The smallest absolute Gasteiger partial charge is 0.253 e. The predicted molar refractivity (Wildman–Crippen MR) is 97.7 cm³/mol. The Morgan fingerprint density at radius 2 is 1.96 bits per heavy atom. The Morgan fingerprint density at radius 3 is 2.52 bits per heavy atom. The quantitative estimate of drug-likeness (QED) is 0.831. The van der Waals surface area contributed by atoms with Crippen LogP contribution in [0.4, 0.5) is 5.82 Å². The maximum atomic E-state index is 11.7. The molecule has 1 fully saturated rings. The molecule has 7 heteroatoms. The van der Waals surface area contributed by atoms with Crippen molar-refractivity contribution in [3.05, 3.63) is 46.3 Å². The molecule has 0 saturated carbocycles. The van der Waals surface area contributed by atoms with Gasteiger partial charge in [-0.1, -0.05) is 20.8 Å². The van der Waals surface area contributed by atoms with Gasteiger partial charge in [0, 0.05) is 44.2 Å². The molecule has 3 rings (SSSR count). The maximum absolute atomic E-state index is 11.7. The van der Waals surface area contributed by atoms with Gasteiger partial charge in [-0.3, -0.25) is 9.69 Å². The van der Waals surface area contributed by atoms with E-state index in [1.54, 1.807) is 19.4 Å². The summed E-state index contributed by atoms with van der Waals surface area (Å²) >= 11 is 0. The van der Waals surface area contributed by atoms with E-state index in [2.05, 4.69) is 58.9 Å². The van der Waals surface area contributed by atoms with Crippen molar-refractivity contribution in [3.63, 3.8) is 0 Å². The molecule has 0 unspecified atom stereocenters. The Labute approximate surface area is 148 Å². The van der Waals surface area contributed by atoms with Gasteiger partial charge in [0.25, 0.3) is 5.56 Å². The van der Waals surface area contributed by atoms with E-state index >= 15 is 0 Å². The first-order chi connectivity index (χ1) is 11.7. The van der Waals surface area contributed by atoms with E-state index in [1.165, 1.54) is 4.57 Å². The molecule has 0 spiro atoms.